The lowest BCUT2D eigenvalue weighted by Crippen LogP contribution is -2.05. The van der Waals surface area contributed by atoms with Crippen LogP contribution in [0.4, 0.5) is 5.69 Å². The summed E-state index contributed by atoms with van der Waals surface area (Å²) in [5.41, 5.74) is -0.194. The summed E-state index contributed by atoms with van der Waals surface area (Å²) in [6.45, 7) is 3.41. The molecule has 0 saturated carbocycles. The van der Waals surface area contributed by atoms with Gasteiger partial charge in [0.1, 0.15) is 11.6 Å². The topological polar surface area (TPSA) is 93.2 Å². The van der Waals surface area contributed by atoms with Crippen LogP contribution in [-0.4, -0.2) is 17.5 Å². The van der Waals surface area contributed by atoms with E-state index >= 15 is 0 Å². The molecule has 0 aliphatic heterocycles. The molecule has 1 rings (SSSR count). The average Bonchev–Trinajstić information content (AvgIpc) is 2.67. The zero-order valence-corrected chi connectivity index (χ0v) is 10.6. The zero-order chi connectivity index (χ0) is 13.7. The van der Waals surface area contributed by atoms with E-state index in [-0.39, 0.29) is 17.9 Å². The highest BCUT2D eigenvalue weighted by Gasteiger charge is 2.16. The van der Waals surface area contributed by atoms with Crippen LogP contribution in [0.2, 0.25) is 0 Å². The Labute approximate surface area is 107 Å². The van der Waals surface area contributed by atoms with Crippen molar-refractivity contribution in [1.82, 2.24) is 0 Å². The van der Waals surface area contributed by atoms with E-state index < -0.39 is 10.9 Å². The van der Waals surface area contributed by atoms with Crippen molar-refractivity contribution in [2.75, 3.05) is 6.61 Å². The Morgan fingerprint density at radius 2 is 2.39 bits per heavy atom. The van der Waals surface area contributed by atoms with E-state index in [2.05, 4.69) is 0 Å². The smallest absolute Gasteiger partial charge is 0.348 e. The molecule has 0 spiro atoms. The third kappa shape index (κ3) is 3.15. The fourth-order valence-electron chi connectivity index (χ4n) is 1.24. The number of hydrogen-bond donors (Lipinski definition) is 0. The lowest BCUT2D eigenvalue weighted by molar-refractivity contribution is -0.385. The predicted molar refractivity (Wildman–Crippen MR) is 65.9 cm³/mol. The molecular formula is C11H10N2O4S. The van der Waals surface area contributed by atoms with Crippen LogP contribution in [0, 0.1) is 28.4 Å². The van der Waals surface area contributed by atoms with Gasteiger partial charge >= 0.3 is 5.97 Å². The first-order valence-corrected chi connectivity index (χ1v) is 5.85. The summed E-state index contributed by atoms with van der Waals surface area (Å²) in [6, 6.07) is 3.05. The molecule has 0 aliphatic carbocycles. The van der Waals surface area contributed by atoms with Crippen LogP contribution < -0.4 is 0 Å². The van der Waals surface area contributed by atoms with Gasteiger partial charge in [-0.05, 0) is 19.9 Å². The number of esters is 1. The molecule has 0 aromatic carbocycles. The van der Waals surface area contributed by atoms with Crippen LogP contribution in [0.5, 0.6) is 0 Å². The van der Waals surface area contributed by atoms with Crippen LogP contribution in [0.1, 0.15) is 16.7 Å². The Balaban J connectivity index is 3.08. The second kappa shape index (κ2) is 5.93. The SMILES string of the molecule is CCOC(=O)C(C#N)=Cc1cc([N+](=O)[O-])c(C)s1. The second-order valence-corrected chi connectivity index (χ2v) is 4.53. The molecule has 0 aliphatic rings. The summed E-state index contributed by atoms with van der Waals surface area (Å²) in [5.74, 6) is -0.728. The number of nitriles is 1. The molecule has 1 aromatic heterocycles. The van der Waals surface area contributed by atoms with Crippen LogP contribution in [-0.2, 0) is 9.53 Å². The predicted octanol–water partition coefficient (Wildman–Crippen LogP) is 2.43. The Hall–Kier alpha value is -2.20. The molecule has 0 radical (unpaired) electrons. The summed E-state index contributed by atoms with van der Waals surface area (Å²) in [4.78, 5) is 22.5. The fourth-order valence-corrected chi connectivity index (χ4v) is 2.17. The number of rotatable bonds is 4. The molecule has 0 fully saturated rings. The lowest BCUT2D eigenvalue weighted by atomic mass is 10.2. The van der Waals surface area contributed by atoms with Gasteiger partial charge in [-0.1, -0.05) is 0 Å². The first-order chi connectivity index (χ1) is 8.49. The molecule has 0 N–H and O–H groups in total. The van der Waals surface area contributed by atoms with Crippen LogP contribution in [0.3, 0.4) is 0 Å². The van der Waals surface area contributed by atoms with Gasteiger partial charge in [-0.3, -0.25) is 10.1 Å². The average molecular weight is 266 g/mol. The molecule has 0 saturated heterocycles. The number of nitrogens with zero attached hydrogens (tertiary/aromatic N) is 2. The molecule has 1 heterocycles. The van der Waals surface area contributed by atoms with Crippen molar-refractivity contribution in [3.05, 3.63) is 31.5 Å². The third-order valence-electron chi connectivity index (χ3n) is 2.01. The molecule has 0 unspecified atom stereocenters. The summed E-state index contributed by atoms with van der Waals surface area (Å²) >= 11 is 1.14. The Kier molecular flexibility index (Phi) is 4.57. The molecule has 6 nitrogen and oxygen atoms in total. The van der Waals surface area contributed by atoms with E-state index in [4.69, 9.17) is 10.00 Å². The first kappa shape index (κ1) is 13.9. The Morgan fingerprint density at radius 3 is 2.83 bits per heavy atom. The molecule has 0 bridgehead atoms. The van der Waals surface area contributed by atoms with Gasteiger partial charge in [0, 0.05) is 10.9 Å². The van der Waals surface area contributed by atoms with Gasteiger partial charge in [-0.15, -0.1) is 11.3 Å². The molecular weight excluding hydrogens is 256 g/mol. The van der Waals surface area contributed by atoms with E-state index in [0.717, 1.165) is 11.3 Å². The summed E-state index contributed by atoms with van der Waals surface area (Å²) < 4.78 is 4.69. The Morgan fingerprint density at radius 1 is 1.72 bits per heavy atom. The standard InChI is InChI=1S/C11H10N2O4S/c1-3-17-11(14)8(6-12)4-9-5-10(13(15)16)7(2)18-9/h4-5H,3H2,1-2H3. The van der Waals surface area contributed by atoms with E-state index in [0.29, 0.717) is 9.75 Å². The first-order valence-electron chi connectivity index (χ1n) is 5.03. The summed E-state index contributed by atoms with van der Waals surface area (Å²) in [7, 11) is 0. The van der Waals surface area contributed by atoms with Gasteiger partial charge in [-0.25, -0.2) is 4.79 Å². The van der Waals surface area contributed by atoms with E-state index in [1.165, 1.54) is 12.1 Å². The van der Waals surface area contributed by atoms with Crippen LogP contribution in [0.25, 0.3) is 6.08 Å². The van der Waals surface area contributed by atoms with Gasteiger partial charge in [0.25, 0.3) is 5.69 Å². The van der Waals surface area contributed by atoms with Crippen molar-refractivity contribution in [3.63, 3.8) is 0 Å². The number of nitro groups is 1. The molecule has 94 valence electrons. The van der Waals surface area contributed by atoms with E-state index in [1.54, 1.807) is 19.9 Å². The number of hydrogen-bond acceptors (Lipinski definition) is 6. The van der Waals surface area contributed by atoms with E-state index in [1.807, 2.05) is 0 Å². The Bertz CT molecular complexity index is 554. The minimum absolute atomic E-state index is 0.0209. The molecule has 0 amide bonds. The van der Waals surface area contributed by atoms with Gasteiger partial charge in [-0.2, -0.15) is 5.26 Å². The third-order valence-corrected chi connectivity index (χ3v) is 3.00. The van der Waals surface area contributed by atoms with Crippen LogP contribution >= 0.6 is 11.3 Å². The fraction of sp³-hybridized carbons (Fsp3) is 0.273. The summed E-state index contributed by atoms with van der Waals surface area (Å²) in [6.07, 6.45) is 1.29. The van der Waals surface area contributed by atoms with E-state index in [9.17, 15) is 14.9 Å². The minimum Gasteiger partial charge on any atom is -0.462 e. The monoisotopic (exact) mass is 266 g/mol. The van der Waals surface area contributed by atoms with Crippen molar-refractivity contribution in [3.8, 4) is 6.07 Å². The second-order valence-electron chi connectivity index (χ2n) is 3.24. The highest BCUT2D eigenvalue weighted by molar-refractivity contribution is 7.13. The minimum atomic E-state index is -0.728. The quantitative estimate of drug-likeness (QED) is 0.274. The number of carbonyl (C=O) groups excluding carboxylic acids is 1. The molecule has 18 heavy (non-hydrogen) atoms. The maximum absolute atomic E-state index is 11.4. The van der Waals surface area contributed by atoms with Crippen molar-refractivity contribution < 1.29 is 14.5 Å². The maximum Gasteiger partial charge on any atom is 0.348 e. The number of carbonyl (C=O) groups is 1. The highest BCUT2D eigenvalue weighted by Crippen LogP contribution is 2.29. The molecule has 1 aromatic rings. The van der Waals surface area contributed by atoms with Crippen molar-refractivity contribution in [2.24, 2.45) is 0 Å². The highest BCUT2D eigenvalue weighted by atomic mass is 32.1. The maximum atomic E-state index is 11.4. The van der Waals surface area contributed by atoms with Gasteiger partial charge in [0.2, 0.25) is 0 Å². The van der Waals surface area contributed by atoms with Crippen molar-refractivity contribution >= 4 is 29.1 Å². The largest absolute Gasteiger partial charge is 0.462 e. The van der Waals surface area contributed by atoms with Crippen molar-refractivity contribution in [2.45, 2.75) is 13.8 Å². The number of thiophene rings is 1. The van der Waals surface area contributed by atoms with Crippen molar-refractivity contribution in [1.29, 1.82) is 5.26 Å². The number of ether oxygens (including phenoxy) is 1. The molecule has 0 atom stereocenters. The normalized spacial score (nSPS) is 10.8. The zero-order valence-electron chi connectivity index (χ0n) is 9.80. The van der Waals surface area contributed by atoms with Gasteiger partial charge < -0.3 is 4.74 Å². The lowest BCUT2D eigenvalue weighted by Gasteiger charge is -1.97. The van der Waals surface area contributed by atoms with Gasteiger partial charge in [0.05, 0.1) is 16.4 Å². The number of aryl methyl sites for hydroxylation is 1. The van der Waals surface area contributed by atoms with Gasteiger partial charge in [0.15, 0.2) is 0 Å². The molecule has 7 heteroatoms. The van der Waals surface area contributed by atoms with Crippen LogP contribution in [0.15, 0.2) is 11.6 Å². The summed E-state index contributed by atoms with van der Waals surface area (Å²) in [5, 5.41) is 19.5.